The summed E-state index contributed by atoms with van der Waals surface area (Å²) >= 11 is 1.40. The van der Waals surface area contributed by atoms with E-state index in [9.17, 15) is 13.2 Å². The molecule has 0 unspecified atom stereocenters. The number of ether oxygens (including phenoxy) is 1. The Morgan fingerprint density at radius 3 is 2.70 bits per heavy atom. The van der Waals surface area contributed by atoms with Crippen LogP contribution in [0.5, 0.6) is 5.75 Å². The van der Waals surface area contributed by atoms with Crippen molar-refractivity contribution in [3.05, 3.63) is 45.4 Å². The molecule has 0 fully saturated rings. The average Bonchev–Trinajstić information content (AvgIpc) is 2.81. The Hall–Kier alpha value is -2.07. The van der Waals surface area contributed by atoms with E-state index in [1.807, 2.05) is 0 Å². The van der Waals surface area contributed by atoms with Crippen LogP contribution in [0.1, 0.15) is 21.8 Å². The van der Waals surface area contributed by atoms with E-state index in [4.69, 9.17) is 10.00 Å². The van der Waals surface area contributed by atoms with Gasteiger partial charge >= 0.3 is 6.18 Å². The van der Waals surface area contributed by atoms with Gasteiger partial charge in [-0.25, -0.2) is 4.98 Å². The highest BCUT2D eigenvalue weighted by molar-refractivity contribution is 7.09. The van der Waals surface area contributed by atoms with Crippen LogP contribution in [0.3, 0.4) is 0 Å². The van der Waals surface area contributed by atoms with Gasteiger partial charge in [0.05, 0.1) is 27.9 Å². The van der Waals surface area contributed by atoms with Gasteiger partial charge in [-0.15, -0.1) is 11.3 Å². The quantitative estimate of drug-likeness (QED) is 0.862. The van der Waals surface area contributed by atoms with Crippen LogP contribution in [0.4, 0.5) is 13.2 Å². The fourth-order valence-corrected chi connectivity index (χ4v) is 2.17. The molecule has 2 aromatic rings. The van der Waals surface area contributed by atoms with E-state index in [0.717, 1.165) is 17.1 Å². The molecule has 0 N–H and O–H groups in total. The van der Waals surface area contributed by atoms with Crippen LogP contribution in [-0.4, -0.2) is 4.98 Å². The van der Waals surface area contributed by atoms with E-state index in [1.54, 1.807) is 18.4 Å². The van der Waals surface area contributed by atoms with Crippen LogP contribution in [0.2, 0.25) is 0 Å². The molecule has 0 saturated carbocycles. The fraction of sp³-hybridized carbons (Fsp3) is 0.231. The summed E-state index contributed by atoms with van der Waals surface area (Å²) in [6, 6.07) is 4.90. The number of nitrogens with zero attached hydrogens (tertiary/aromatic N) is 2. The number of benzene rings is 1. The van der Waals surface area contributed by atoms with Gasteiger partial charge in [0.15, 0.2) is 0 Å². The zero-order valence-electron chi connectivity index (χ0n) is 10.4. The van der Waals surface area contributed by atoms with Crippen molar-refractivity contribution >= 4 is 11.3 Å². The van der Waals surface area contributed by atoms with Gasteiger partial charge in [0.2, 0.25) is 0 Å². The molecule has 1 heterocycles. The smallest absolute Gasteiger partial charge is 0.420 e. The Bertz CT molecular complexity index is 658. The van der Waals surface area contributed by atoms with E-state index in [1.165, 1.54) is 17.4 Å². The van der Waals surface area contributed by atoms with Gasteiger partial charge in [-0.3, -0.25) is 0 Å². The minimum absolute atomic E-state index is 0.0423. The predicted octanol–water partition coefficient (Wildman–Crippen LogP) is 3.92. The number of rotatable bonds is 3. The molecule has 0 amide bonds. The number of alkyl halides is 3. The van der Waals surface area contributed by atoms with E-state index in [0.29, 0.717) is 5.69 Å². The lowest BCUT2D eigenvalue weighted by atomic mass is 10.1. The molecule has 20 heavy (non-hydrogen) atoms. The van der Waals surface area contributed by atoms with Crippen molar-refractivity contribution < 1.29 is 17.9 Å². The van der Waals surface area contributed by atoms with Crippen molar-refractivity contribution in [1.82, 2.24) is 4.98 Å². The Balaban J connectivity index is 2.25. The maximum atomic E-state index is 12.9. The number of aromatic nitrogens is 1. The van der Waals surface area contributed by atoms with Crippen molar-refractivity contribution in [2.24, 2.45) is 0 Å². The zero-order chi connectivity index (χ0) is 14.8. The Morgan fingerprint density at radius 2 is 2.15 bits per heavy atom. The highest BCUT2D eigenvalue weighted by atomic mass is 32.1. The number of hydrogen-bond donors (Lipinski definition) is 0. The standard InChI is InChI=1S/C13H9F3N2OS/c1-8-18-10(7-20-8)6-19-12-3-2-9(5-17)4-11(12)13(14,15)16/h2-4,7H,6H2,1H3. The second-order valence-electron chi connectivity index (χ2n) is 3.97. The first-order chi connectivity index (χ1) is 9.40. The summed E-state index contributed by atoms with van der Waals surface area (Å²) < 4.78 is 43.9. The summed E-state index contributed by atoms with van der Waals surface area (Å²) in [6.07, 6.45) is -4.57. The molecule has 2 rings (SSSR count). The van der Waals surface area contributed by atoms with Crippen LogP contribution in [-0.2, 0) is 12.8 Å². The van der Waals surface area contributed by atoms with Crippen LogP contribution in [0.15, 0.2) is 23.6 Å². The summed E-state index contributed by atoms with van der Waals surface area (Å²) in [4.78, 5) is 4.11. The molecule has 0 aliphatic rings. The molecule has 0 bridgehead atoms. The summed E-state index contributed by atoms with van der Waals surface area (Å²) in [6.45, 7) is 1.76. The van der Waals surface area contributed by atoms with Crippen LogP contribution in [0.25, 0.3) is 0 Å². The first-order valence-corrected chi connectivity index (χ1v) is 6.43. The van der Waals surface area contributed by atoms with Crippen LogP contribution in [0, 0.1) is 18.3 Å². The van der Waals surface area contributed by atoms with Gasteiger partial charge in [-0.05, 0) is 25.1 Å². The molecule has 7 heteroatoms. The maximum Gasteiger partial charge on any atom is 0.420 e. The predicted molar refractivity (Wildman–Crippen MR) is 67.3 cm³/mol. The molecule has 0 radical (unpaired) electrons. The van der Waals surface area contributed by atoms with Gasteiger partial charge in [0.25, 0.3) is 0 Å². The van der Waals surface area contributed by atoms with Crippen molar-refractivity contribution in [2.75, 3.05) is 0 Å². The summed E-state index contributed by atoms with van der Waals surface area (Å²) in [5.74, 6) is -0.304. The lowest BCUT2D eigenvalue weighted by Crippen LogP contribution is -2.09. The lowest BCUT2D eigenvalue weighted by molar-refractivity contribution is -0.139. The Kier molecular flexibility index (Phi) is 3.95. The van der Waals surface area contributed by atoms with Crippen molar-refractivity contribution in [3.63, 3.8) is 0 Å². The molecule has 3 nitrogen and oxygen atoms in total. The Labute approximate surface area is 117 Å². The average molecular weight is 298 g/mol. The third-order valence-corrected chi connectivity index (χ3v) is 3.28. The summed E-state index contributed by atoms with van der Waals surface area (Å²) in [5, 5.41) is 11.2. The third kappa shape index (κ3) is 3.27. The third-order valence-electron chi connectivity index (χ3n) is 2.46. The first kappa shape index (κ1) is 14.3. The highest BCUT2D eigenvalue weighted by Gasteiger charge is 2.34. The summed E-state index contributed by atoms with van der Waals surface area (Å²) in [5.41, 5.74) is -0.442. The zero-order valence-corrected chi connectivity index (χ0v) is 11.2. The van der Waals surface area contributed by atoms with E-state index >= 15 is 0 Å². The SMILES string of the molecule is Cc1nc(COc2ccc(C#N)cc2C(F)(F)F)cs1. The number of hydrogen-bond acceptors (Lipinski definition) is 4. The largest absolute Gasteiger partial charge is 0.487 e. The molecule has 0 aliphatic heterocycles. The first-order valence-electron chi connectivity index (χ1n) is 5.55. The van der Waals surface area contributed by atoms with Crippen molar-refractivity contribution in [1.29, 1.82) is 5.26 Å². The van der Waals surface area contributed by atoms with Gasteiger partial charge < -0.3 is 4.74 Å². The topological polar surface area (TPSA) is 45.9 Å². The van der Waals surface area contributed by atoms with Gasteiger partial charge in [0, 0.05) is 5.38 Å². The van der Waals surface area contributed by atoms with Crippen LogP contribution < -0.4 is 4.74 Å². The van der Waals surface area contributed by atoms with E-state index in [2.05, 4.69) is 4.98 Å². The van der Waals surface area contributed by atoms with E-state index in [-0.39, 0.29) is 17.9 Å². The molecule has 1 aromatic carbocycles. The van der Waals surface area contributed by atoms with Gasteiger partial charge in [-0.1, -0.05) is 0 Å². The normalized spacial score (nSPS) is 11.2. The molecule has 0 aliphatic carbocycles. The Morgan fingerprint density at radius 1 is 1.40 bits per heavy atom. The molecule has 0 spiro atoms. The lowest BCUT2D eigenvalue weighted by Gasteiger charge is -2.13. The second kappa shape index (κ2) is 5.51. The molecular weight excluding hydrogens is 289 g/mol. The van der Waals surface area contributed by atoms with Crippen LogP contribution >= 0.6 is 11.3 Å². The highest BCUT2D eigenvalue weighted by Crippen LogP contribution is 2.37. The van der Waals surface area contributed by atoms with Crippen molar-refractivity contribution in [2.45, 2.75) is 19.7 Å². The number of nitriles is 1. The van der Waals surface area contributed by atoms with E-state index < -0.39 is 11.7 Å². The number of aryl methyl sites for hydroxylation is 1. The fourth-order valence-electron chi connectivity index (χ4n) is 1.57. The minimum Gasteiger partial charge on any atom is -0.487 e. The summed E-state index contributed by atoms with van der Waals surface area (Å²) in [7, 11) is 0. The van der Waals surface area contributed by atoms with Crippen molar-refractivity contribution in [3.8, 4) is 11.8 Å². The van der Waals surface area contributed by atoms with Gasteiger partial charge in [-0.2, -0.15) is 18.4 Å². The molecule has 0 atom stereocenters. The molecule has 104 valence electrons. The number of thiazole rings is 1. The molecular formula is C13H9F3N2OS. The van der Waals surface area contributed by atoms with Gasteiger partial charge in [0.1, 0.15) is 12.4 Å². The molecule has 1 aromatic heterocycles. The monoisotopic (exact) mass is 298 g/mol. The minimum atomic E-state index is -4.57. The maximum absolute atomic E-state index is 12.9. The second-order valence-corrected chi connectivity index (χ2v) is 5.03. The molecule has 0 saturated heterocycles. The number of halogens is 3.